The van der Waals surface area contributed by atoms with Crippen molar-refractivity contribution in [3.8, 4) is 0 Å². The van der Waals surface area contributed by atoms with Crippen LogP contribution in [0.25, 0.3) is 0 Å². The van der Waals surface area contributed by atoms with Crippen LogP contribution in [0.15, 0.2) is 29.2 Å². The Kier molecular flexibility index (Phi) is 4.58. The summed E-state index contributed by atoms with van der Waals surface area (Å²) >= 11 is 0. The SMILES string of the molecule is COCCNS(=O)c1ccc(N)cc1. The lowest BCUT2D eigenvalue weighted by molar-refractivity contribution is 0.205. The van der Waals surface area contributed by atoms with Crippen LogP contribution in [0.3, 0.4) is 0 Å². The maximum Gasteiger partial charge on any atom is 0.124 e. The summed E-state index contributed by atoms with van der Waals surface area (Å²) in [4.78, 5) is 0.718. The fourth-order valence-corrected chi connectivity index (χ4v) is 1.73. The monoisotopic (exact) mass is 214 g/mol. The molecule has 0 heterocycles. The fraction of sp³-hybridized carbons (Fsp3) is 0.333. The number of nitrogens with one attached hydrogen (secondary N) is 1. The number of anilines is 1. The zero-order valence-electron chi connectivity index (χ0n) is 8.03. The normalized spacial score (nSPS) is 12.6. The van der Waals surface area contributed by atoms with E-state index in [1.54, 1.807) is 31.4 Å². The second kappa shape index (κ2) is 5.74. The predicted octanol–water partition coefficient (Wildman–Crippen LogP) is 0.527. The van der Waals surface area contributed by atoms with Crippen LogP contribution < -0.4 is 10.5 Å². The minimum atomic E-state index is -1.18. The number of nitrogen functional groups attached to an aromatic ring is 1. The Morgan fingerprint density at radius 3 is 2.64 bits per heavy atom. The molecular formula is C9H14N2O2S. The largest absolute Gasteiger partial charge is 0.399 e. The minimum absolute atomic E-state index is 0.542. The Labute approximate surface area is 86.0 Å². The molecule has 0 bridgehead atoms. The molecule has 1 aromatic rings. The molecule has 0 saturated carbocycles. The van der Waals surface area contributed by atoms with E-state index in [2.05, 4.69) is 4.72 Å². The van der Waals surface area contributed by atoms with Crippen LogP contribution in [0.2, 0.25) is 0 Å². The summed E-state index contributed by atoms with van der Waals surface area (Å²) < 4.78 is 19.2. The van der Waals surface area contributed by atoms with E-state index in [0.29, 0.717) is 18.8 Å². The average molecular weight is 214 g/mol. The zero-order valence-corrected chi connectivity index (χ0v) is 8.84. The highest BCUT2D eigenvalue weighted by molar-refractivity contribution is 7.83. The first-order chi connectivity index (χ1) is 6.74. The van der Waals surface area contributed by atoms with Gasteiger partial charge < -0.3 is 10.5 Å². The number of rotatable bonds is 5. The second-order valence-electron chi connectivity index (χ2n) is 2.72. The lowest BCUT2D eigenvalue weighted by Crippen LogP contribution is -2.21. The highest BCUT2D eigenvalue weighted by Crippen LogP contribution is 2.07. The standard InChI is InChI=1S/C9H14N2O2S/c1-13-7-6-11-14(12)9-4-2-8(10)3-5-9/h2-5,11H,6-7,10H2,1H3. The van der Waals surface area contributed by atoms with Gasteiger partial charge in [-0.2, -0.15) is 0 Å². The summed E-state index contributed by atoms with van der Waals surface area (Å²) in [5, 5.41) is 0. The Morgan fingerprint density at radius 2 is 2.07 bits per heavy atom. The van der Waals surface area contributed by atoms with Crippen molar-refractivity contribution in [2.24, 2.45) is 0 Å². The van der Waals surface area contributed by atoms with E-state index >= 15 is 0 Å². The van der Waals surface area contributed by atoms with Gasteiger partial charge in [-0.25, -0.2) is 8.93 Å². The molecule has 1 rings (SSSR count). The maximum absolute atomic E-state index is 11.5. The van der Waals surface area contributed by atoms with Crippen molar-refractivity contribution in [3.05, 3.63) is 24.3 Å². The van der Waals surface area contributed by atoms with E-state index in [9.17, 15) is 4.21 Å². The highest BCUT2D eigenvalue weighted by Gasteiger charge is 2.01. The quantitative estimate of drug-likeness (QED) is 0.555. The van der Waals surface area contributed by atoms with Crippen LogP contribution in [0.5, 0.6) is 0 Å². The summed E-state index contributed by atoms with van der Waals surface area (Å²) in [6, 6.07) is 6.94. The van der Waals surface area contributed by atoms with Crippen LogP contribution in [0.4, 0.5) is 5.69 Å². The van der Waals surface area contributed by atoms with Crippen LogP contribution in [-0.4, -0.2) is 24.5 Å². The molecule has 0 aliphatic carbocycles. The van der Waals surface area contributed by atoms with Crippen molar-refractivity contribution in [1.29, 1.82) is 0 Å². The molecule has 0 saturated heterocycles. The molecule has 1 atom stereocenters. The van der Waals surface area contributed by atoms with E-state index in [1.807, 2.05) is 0 Å². The molecule has 14 heavy (non-hydrogen) atoms. The van der Waals surface area contributed by atoms with Crippen molar-refractivity contribution >= 4 is 16.7 Å². The summed E-state index contributed by atoms with van der Waals surface area (Å²) in [5.74, 6) is 0. The topological polar surface area (TPSA) is 64.3 Å². The summed E-state index contributed by atoms with van der Waals surface area (Å²) in [5.41, 5.74) is 6.18. The molecule has 0 spiro atoms. The highest BCUT2D eigenvalue weighted by atomic mass is 32.2. The van der Waals surface area contributed by atoms with Crippen molar-refractivity contribution < 1.29 is 8.95 Å². The van der Waals surface area contributed by atoms with Gasteiger partial charge >= 0.3 is 0 Å². The van der Waals surface area contributed by atoms with Gasteiger partial charge in [0.25, 0.3) is 0 Å². The molecule has 0 aliphatic rings. The third-order valence-electron chi connectivity index (χ3n) is 1.63. The molecule has 1 aromatic carbocycles. The minimum Gasteiger partial charge on any atom is -0.399 e. The van der Waals surface area contributed by atoms with Crippen molar-refractivity contribution in [2.45, 2.75) is 4.90 Å². The molecule has 0 radical (unpaired) electrons. The van der Waals surface area contributed by atoms with Gasteiger partial charge in [0.1, 0.15) is 11.0 Å². The van der Waals surface area contributed by atoms with E-state index < -0.39 is 11.0 Å². The number of nitrogens with two attached hydrogens (primary N) is 1. The zero-order chi connectivity index (χ0) is 10.4. The fourth-order valence-electron chi connectivity index (χ4n) is 0.911. The third kappa shape index (κ3) is 3.45. The molecule has 3 N–H and O–H groups in total. The molecular weight excluding hydrogens is 200 g/mol. The van der Waals surface area contributed by atoms with Crippen molar-refractivity contribution in [2.75, 3.05) is 26.0 Å². The molecule has 5 heteroatoms. The molecule has 1 unspecified atom stereocenters. The summed E-state index contributed by atoms with van der Waals surface area (Å²) in [6.07, 6.45) is 0. The van der Waals surface area contributed by atoms with Crippen molar-refractivity contribution in [3.63, 3.8) is 0 Å². The Bertz CT molecular complexity index is 300. The van der Waals surface area contributed by atoms with Gasteiger partial charge in [-0.1, -0.05) is 0 Å². The lowest BCUT2D eigenvalue weighted by atomic mass is 10.3. The Morgan fingerprint density at radius 1 is 1.43 bits per heavy atom. The van der Waals surface area contributed by atoms with Gasteiger partial charge in [-0.05, 0) is 24.3 Å². The number of hydrogen-bond donors (Lipinski definition) is 2. The van der Waals surface area contributed by atoms with Crippen LogP contribution in [0, 0.1) is 0 Å². The molecule has 4 nitrogen and oxygen atoms in total. The third-order valence-corrected chi connectivity index (χ3v) is 2.80. The average Bonchev–Trinajstić information content (AvgIpc) is 2.19. The second-order valence-corrected chi connectivity index (χ2v) is 4.02. The predicted molar refractivity (Wildman–Crippen MR) is 57.1 cm³/mol. The number of benzene rings is 1. The molecule has 0 fully saturated rings. The van der Waals surface area contributed by atoms with Crippen molar-refractivity contribution in [1.82, 2.24) is 4.72 Å². The summed E-state index contributed by atoms with van der Waals surface area (Å²) in [6.45, 7) is 1.11. The molecule has 0 aliphatic heterocycles. The van der Waals surface area contributed by atoms with E-state index in [0.717, 1.165) is 4.90 Å². The summed E-state index contributed by atoms with van der Waals surface area (Å²) in [7, 11) is 0.426. The van der Waals surface area contributed by atoms with Crippen LogP contribution in [0.1, 0.15) is 0 Å². The van der Waals surface area contributed by atoms with Gasteiger partial charge in [0.05, 0.1) is 11.5 Å². The van der Waals surface area contributed by atoms with Crippen LogP contribution in [-0.2, 0) is 15.7 Å². The van der Waals surface area contributed by atoms with Gasteiger partial charge in [0, 0.05) is 19.3 Å². The first-order valence-electron chi connectivity index (χ1n) is 4.24. The lowest BCUT2D eigenvalue weighted by Gasteiger charge is -2.03. The maximum atomic E-state index is 11.5. The Balaban J connectivity index is 2.48. The molecule has 0 amide bonds. The van der Waals surface area contributed by atoms with Gasteiger partial charge in [-0.15, -0.1) is 0 Å². The van der Waals surface area contributed by atoms with Gasteiger partial charge in [-0.3, -0.25) is 0 Å². The number of methoxy groups -OCH3 is 1. The van der Waals surface area contributed by atoms with E-state index in [4.69, 9.17) is 10.5 Å². The van der Waals surface area contributed by atoms with Crippen LogP contribution >= 0.6 is 0 Å². The molecule has 78 valence electrons. The molecule has 0 aromatic heterocycles. The first-order valence-corrected chi connectivity index (χ1v) is 5.39. The van der Waals surface area contributed by atoms with Gasteiger partial charge in [0.15, 0.2) is 0 Å². The first kappa shape index (κ1) is 11.2. The number of ether oxygens (including phenoxy) is 1. The number of hydrogen-bond acceptors (Lipinski definition) is 3. The smallest absolute Gasteiger partial charge is 0.124 e. The van der Waals surface area contributed by atoms with E-state index in [-0.39, 0.29) is 0 Å². The van der Waals surface area contributed by atoms with E-state index in [1.165, 1.54) is 0 Å². The Hall–Kier alpha value is -0.910. The van der Waals surface area contributed by atoms with Gasteiger partial charge in [0.2, 0.25) is 0 Å².